The fourth-order valence-corrected chi connectivity index (χ4v) is 3.13. The fourth-order valence-electron chi connectivity index (χ4n) is 3.13. The number of fused-ring (bicyclic) bond motifs is 3. The second-order valence-corrected chi connectivity index (χ2v) is 6.79. The number of ether oxygens (including phenoxy) is 2. The summed E-state index contributed by atoms with van der Waals surface area (Å²) < 4.78 is 20.3. The Kier molecular flexibility index (Phi) is 6.13. The van der Waals surface area contributed by atoms with E-state index in [1.807, 2.05) is 30.3 Å². The Bertz CT molecular complexity index is 1290. The third-order valence-corrected chi connectivity index (χ3v) is 4.63. The molecule has 0 saturated heterocycles. The first-order chi connectivity index (χ1) is 15.5. The number of nitrogens with zero attached hydrogens (tertiary/aromatic N) is 1. The Morgan fingerprint density at radius 3 is 2.62 bits per heavy atom. The van der Waals surface area contributed by atoms with Gasteiger partial charge in [0.2, 0.25) is 11.8 Å². The van der Waals surface area contributed by atoms with E-state index < -0.39 is 17.8 Å². The van der Waals surface area contributed by atoms with Gasteiger partial charge in [0.15, 0.2) is 0 Å². The Hall–Kier alpha value is -4.18. The maximum Gasteiger partial charge on any atom is 0.343 e. The van der Waals surface area contributed by atoms with Gasteiger partial charge in [0.1, 0.15) is 41.9 Å². The number of carbonyl (C=O) groups excluding carboxylic acids is 3. The molecule has 2 N–H and O–H groups in total. The summed E-state index contributed by atoms with van der Waals surface area (Å²) in [6.45, 7) is -0.711. The van der Waals surface area contributed by atoms with Crippen molar-refractivity contribution in [2.24, 2.45) is 0 Å². The molecule has 0 aliphatic carbocycles. The molecule has 0 aliphatic heterocycles. The number of hydrogen-bond donors (Lipinski definition) is 2. The molecule has 0 fully saturated rings. The monoisotopic (exact) mass is 437 g/mol. The highest BCUT2D eigenvalue weighted by molar-refractivity contribution is 6.06. The molecular formula is C22H19N3O7. The number of furan rings is 1. The van der Waals surface area contributed by atoms with Gasteiger partial charge in [-0.15, -0.1) is 0 Å². The average Bonchev–Trinajstić information content (AvgIpc) is 3.41. The topological polar surface area (TPSA) is 133 Å². The van der Waals surface area contributed by atoms with Crippen LogP contribution >= 0.6 is 0 Å². The molecule has 2 amide bonds. The summed E-state index contributed by atoms with van der Waals surface area (Å²) in [5.41, 5.74) is 2.32. The van der Waals surface area contributed by atoms with Crippen LogP contribution in [0.3, 0.4) is 0 Å². The van der Waals surface area contributed by atoms with Crippen LogP contribution in [0.4, 0.5) is 5.69 Å². The van der Waals surface area contributed by atoms with Crippen LogP contribution in [0.1, 0.15) is 16.1 Å². The van der Waals surface area contributed by atoms with Crippen LogP contribution in [-0.4, -0.2) is 43.3 Å². The van der Waals surface area contributed by atoms with Crippen LogP contribution in [-0.2, 0) is 25.6 Å². The molecule has 2 aromatic carbocycles. The number of rotatable bonds is 8. The van der Waals surface area contributed by atoms with Crippen molar-refractivity contribution in [1.29, 1.82) is 0 Å². The summed E-state index contributed by atoms with van der Waals surface area (Å²) in [5.74, 6) is -1.53. The predicted octanol–water partition coefficient (Wildman–Crippen LogP) is 2.63. The van der Waals surface area contributed by atoms with Crippen molar-refractivity contribution in [2.45, 2.75) is 6.54 Å². The molecule has 164 valence electrons. The third kappa shape index (κ3) is 4.60. The van der Waals surface area contributed by atoms with E-state index >= 15 is 0 Å². The Morgan fingerprint density at radius 2 is 1.78 bits per heavy atom. The second-order valence-electron chi connectivity index (χ2n) is 6.79. The molecule has 0 aliphatic rings. The molecule has 0 atom stereocenters. The van der Waals surface area contributed by atoms with Crippen molar-refractivity contribution >= 4 is 45.4 Å². The number of anilines is 1. The van der Waals surface area contributed by atoms with E-state index in [2.05, 4.69) is 20.5 Å². The van der Waals surface area contributed by atoms with E-state index in [0.717, 1.165) is 22.6 Å². The van der Waals surface area contributed by atoms with Gasteiger partial charge in [-0.25, -0.2) is 4.79 Å². The van der Waals surface area contributed by atoms with Gasteiger partial charge in [0.05, 0.1) is 13.7 Å². The van der Waals surface area contributed by atoms with E-state index in [9.17, 15) is 14.4 Å². The lowest BCUT2D eigenvalue weighted by molar-refractivity contribution is -0.128. The Morgan fingerprint density at radius 1 is 1.00 bits per heavy atom. The zero-order valence-electron chi connectivity index (χ0n) is 17.0. The normalized spacial score (nSPS) is 10.9. The van der Waals surface area contributed by atoms with Gasteiger partial charge in [0.25, 0.3) is 0 Å². The summed E-state index contributed by atoms with van der Waals surface area (Å²) >= 11 is 0. The lowest BCUT2D eigenvalue weighted by atomic mass is 10.1. The SMILES string of the molecule is COC(=O)c1conc1CNC(=O)COCC(=O)Nc1ccc2c(c1)oc1ccccc12. The summed E-state index contributed by atoms with van der Waals surface area (Å²) in [5, 5.41) is 10.8. The highest BCUT2D eigenvalue weighted by Gasteiger charge is 2.17. The van der Waals surface area contributed by atoms with E-state index in [1.54, 1.807) is 12.1 Å². The maximum absolute atomic E-state index is 12.1. The molecular weight excluding hydrogens is 418 g/mol. The van der Waals surface area contributed by atoms with Gasteiger partial charge in [0, 0.05) is 22.5 Å². The van der Waals surface area contributed by atoms with Crippen LogP contribution in [0.25, 0.3) is 21.9 Å². The van der Waals surface area contributed by atoms with Gasteiger partial charge in [-0.2, -0.15) is 0 Å². The molecule has 0 bridgehead atoms. The number of nitrogens with one attached hydrogen (secondary N) is 2. The number of amides is 2. The van der Waals surface area contributed by atoms with Gasteiger partial charge in [-0.05, 0) is 18.2 Å². The minimum Gasteiger partial charge on any atom is -0.465 e. The number of esters is 1. The number of carbonyl (C=O) groups is 3. The first-order valence-electron chi connectivity index (χ1n) is 9.62. The third-order valence-electron chi connectivity index (χ3n) is 4.63. The van der Waals surface area contributed by atoms with Crippen LogP contribution in [0.15, 0.2) is 57.7 Å². The van der Waals surface area contributed by atoms with Crippen molar-refractivity contribution < 1.29 is 32.8 Å². The van der Waals surface area contributed by atoms with E-state index in [4.69, 9.17) is 13.7 Å². The maximum atomic E-state index is 12.1. The first kappa shape index (κ1) is 21.1. The van der Waals surface area contributed by atoms with Gasteiger partial charge in [-0.3, -0.25) is 9.59 Å². The zero-order valence-corrected chi connectivity index (χ0v) is 17.0. The Balaban J connectivity index is 1.24. The molecule has 0 saturated carbocycles. The highest BCUT2D eigenvalue weighted by Crippen LogP contribution is 2.30. The predicted molar refractivity (Wildman–Crippen MR) is 113 cm³/mol. The smallest absolute Gasteiger partial charge is 0.343 e. The molecule has 0 radical (unpaired) electrons. The van der Waals surface area contributed by atoms with Crippen molar-refractivity contribution in [3.63, 3.8) is 0 Å². The molecule has 4 aromatic rings. The molecule has 32 heavy (non-hydrogen) atoms. The second kappa shape index (κ2) is 9.31. The number of aromatic nitrogens is 1. The van der Waals surface area contributed by atoms with Crippen molar-refractivity contribution in [1.82, 2.24) is 10.5 Å². The number of benzene rings is 2. The largest absolute Gasteiger partial charge is 0.465 e. The summed E-state index contributed by atoms with van der Waals surface area (Å²) in [6, 6.07) is 13.1. The highest BCUT2D eigenvalue weighted by atomic mass is 16.5. The molecule has 4 rings (SSSR count). The molecule has 10 nitrogen and oxygen atoms in total. The number of hydrogen-bond acceptors (Lipinski definition) is 8. The van der Waals surface area contributed by atoms with Crippen molar-refractivity contribution in [3.8, 4) is 0 Å². The molecule has 2 heterocycles. The van der Waals surface area contributed by atoms with Crippen molar-refractivity contribution in [2.75, 3.05) is 25.6 Å². The van der Waals surface area contributed by atoms with Gasteiger partial charge >= 0.3 is 5.97 Å². The van der Waals surface area contributed by atoms with Crippen molar-refractivity contribution in [3.05, 3.63) is 60.0 Å². The summed E-state index contributed by atoms with van der Waals surface area (Å²) in [4.78, 5) is 35.6. The van der Waals surface area contributed by atoms with E-state index in [-0.39, 0.29) is 31.0 Å². The van der Waals surface area contributed by atoms with E-state index in [1.165, 1.54) is 7.11 Å². The van der Waals surface area contributed by atoms with Gasteiger partial charge in [-0.1, -0.05) is 23.4 Å². The molecule has 0 spiro atoms. The van der Waals surface area contributed by atoms with Crippen LogP contribution in [0.5, 0.6) is 0 Å². The Labute approximate surface area is 181 Å². The lowest BCUT2D eigenvalue weighted by Crippen LogP contribution is -2.29. The van der Waals surface area contributed by atoms with Crippen LogP contribution < -0.4 is 10.6 Å². The fraction of sp³-hybridized carbons (Fsp3) is 0.182. The summed E-state index contributed by atoms with van der Waals surface area (Å²) in [7, 11) is 1.23. The van der Waals surface area contributed by atoms with E-state index in [0.29, 0.717) is 11.3 Å². The first-order valence-corrected chi connectivity index (χ1v) is 9.62. The average molecular weight is 437 g/mol. The number of para-hydroxylation sites is 1. The molecule has 10 heteroatoms. The standard InChI is InChI=1S/C22H19N3O7/c1-29-22(28)16-10-31-25-17(16)9-23-20(26)11-30-12-21(27)24-13-6-7-15-14-4-2-3-5-18(14)32-19(15)8-13/h2-8,10H,9,11-12H2,1H3,(H,23,26)(H,24,27). The van der Waals surface area contributed by atoms with Gasteiger partial charge < -0.3 is 29.0 Å². The quantitative estimate of drug-likeness (QED) is 0.402. The molecule has 0 unspecified atom stereocenters. The van der Waals surface area contributed by atoms with Crippen LogP contribution in [0.2, 0.25) is 0 Å². The summed E-state index contributed by atoms with van der Waals surface area (Å²) in [6.07, 6.45) is 1.14. The molecule has 2 aromatic heterocycles. The minimum absolute atomic E-state index is 0.0488. The number of methoxy groups -OCH3 is 1. The lowest BCUT2D eigenvalue weighted by Gasteiger charge is -2.07. The zero-order chi connectivity index (χ0) is 22.5. The van der Waals surface area contributed by atoms with Crippen LogP contribution in [0, 0.1) is 0 Å². The minimum atomic E-state index is -0.621.